The van der Waals surface area contributed by atoms with Crippen molar-refractivity contribution >= 4 is 11.7 Å². The molecule has 0 aromatic heterocycles. The van der Waals surface area contributed by atoms with Crippen LogP contribution in [-0.4, -0.2) is 26.9 Å². The van der Waals surface area contributed by atoms with Crippen molar-refractivity contribution < 1.29 is 32.2 Å². The molecular formula is C18H19F3N2O4. The molecule has 0 heterocycles. The average Bonchev–Trinajstić information content (AvgIpc) is 2.61. The van der Waals surface area contributed by atoms with Crippen LogP contribution in [0.15, 0.2) is 36.4 Å². The molecule has 0 radical (unpaired) electrons. The standard InChI is InChI=1S/C18H19F3N2O4/c1-10(11-4-6-14(25-2)13(19)8-11)22-18(24)23-12-5-7-15(26-3)16(9-12)27-17(20)21/h4-10,17H,1-3H3,(H2,22,23,24)/t10-/m1/s1. The number of hydrogen-bond donors (Lipinski definition) is 2. The zero-order valence-corrected chi connectivity index (χ0v) is 14.9. The molecule has 2 aromatic carbocycles. The van der Waals surface area contributed by atoms with Crippen LogP contribution in [0.5, 0.6) is 17.2 Å². The van der Waals surface area contributed by atoms with E-state index in [1.807, 2.05) is 0 Å². The Morgan fingerprint density at radius 1 is 1.00 bits per heavy atom. The van der Waals surface area contributed by atoms with Gasteiger partial charge in [-0.05, 0) is 36.8 Å². The molecule has 9 heteroatoms. The summed E-state index contributed by atoms with van der Waals surface area (Å²) < 4.78 is 52.8. The third-order valence-electron chi connectivity index (χ3n) is 3.66. The molecule has 2 amide bonds. The van der Waals surface area contributed by atoms with E-state index in [0.717, 1.165) is 0 Å². The molecule has 0 spiro atoms. The van der Waals surface area contributed by atoms with Crippen molar-refractivity contribution in [1.82, 2.24) is 5.32 Å². The summed E-state index contributed by atoms with van der Waals surface area (Å²) in [6.07, 6.45) is 0. The van der Waals surface area contributed by atoms with Gasteiger partial charge in [0.15, 0.2) is 23.1 Å². The molecule has 0 unspecified atom stereocenters. The number of nitrogens with one attached hydrogen (secondary N) is 2. The van der Waals surface area contributed by atoms with E-state index < -0.39 is 24.5 Å². The Hall–Kier alpha value is -3.10. The molecule has 2 aromatic rings. The Balaban J connectivity index is 2.05. The fraction of sp³-hybridized carbons (Fsp3) is 0.278. The summed E-state index contributed by atoms with van der Waals surface area (Å²) in [7, 11) is 2.66. The molecule has 0 saturated carbocycles. The van der Waals surface area contributed by atoms with Crippen molar-refractivity contribution in [2.45, 2.75) is 19.6 Å². The number of hydrogen-bond acceptors (Lipinski definition) is 4. The maximum absolute atomic E-state index is 13.8. The monoisotopic (exact) mass is 384 g/mol. The van der Waals surface area contributed by atoms with Crippen LogP contribution in [0.4, 0.5) is 23.7 Å². The normalized spacial score (nSPS) is 11.7. The Labute approximate surface area is 154 Å². The van der Waals surface area contributed by atoms with Gasteiger partial charge in [0.1, 0.15) is 0 Å². The number of anilines is 1. The summed E-state index contributed by atoms with van der Waals surface area (Å²) in [6.45, 7) is -1.37. The highest BCUT2D eigenvalue weighted by Crippen LogP contribution is 2.31. The van der Waals surface area contributed by atoms with E-state index in [1.54, 1.807) is 13.0 Å². The first kappa shape index (κ1) is 20.2. The van der Waals surface area contributed by atoms with E-state index in [1.165, 1.54) is 44.6 Å². The third-order valence-corrected chi connectivity index (χ3v) is 3.66. The quantitative estimate of drug-likeness (QED) is 0.746. The summed E-state index contributed by atoms with van der Waals surface area (Å²) >= 11 is 0. The number of carbonyl (C=O) groups excluding carboxylic acids is 1. The molecule has 1 atom stereocenters. The number of methoxy groups -OCH3 is 2. The van der Waals surface area contributed by atoms with Crippen molar-refractivity contribution in [3.05, 3.63) is 47.8 Å². The lowest BCUT2D eigenvalue weighted by molar-refractivity contribution is -0.0511. The van der Waals surface area contributed by atoms with Crippen LogP contribution in [-0.2, 0) is 0 Å². The van der Waals surface area contributed by atoms with Crippen molar-refractivity contribution in [3.63, 3.8) is 0 Å². The molecule has 6 nitrogen and oxygen atoms in total. The largest absolute Gasteiger partial charge is 0.494 e. The second-order valence-corrected chi connectivity index (χ2v) is 5.46. The number of ether oxygens (including phenoxy) is 3. The second-order valence-electron chi connectivity index (χ2n) is 5.46. The van der Waals surface area contributed by atoms with Gasteiger partial charge in [-0.1, -0.05) is 6.07 Å². The van der Waals surface area contributed by atoms with Gasteiger partial charge in [-0.15, -0.1) is 0 Å². The first-order chi connectivity index (χ1) is 12.8. The Kier molecular flexibility index (Phi) is 6.75. The second kappa shape index (κ2) is 9.02. The van der Waals surface area contributed by atoms with E-state index in [9.17, 15) is 18.0 Å². The van der Waals surface area contributed by atoms with E-state index in [0.29, 0.717) is 5.56 Å². The molecule has 146 valence electrons. The SMILES string of the molecule is COc1ccc([C@@H](C)NC(=O)Nc2ccc(OC)c(OC(F)F)c2)cc1F. The highest BCUT2D eigenvalue weighted by atomic mass is 19.3. The number of halogens is 3. The zero-order chi connectivity index (χ0) is 20.0. The summed E-state index contributed by atoms with van der Waals surface area (Å²) in [4.78, 5) is 12.1. The fourth-order valence-electron chi connectivity index (χ4n) is 2.34. The lowest BCUT2D eigenvalue weighted by Gasteiger charge is -2.17. The lowest BCUT2D eigenvalue weighted by Crippen LogP contribution is -2.31. The van der Waals surface area contributed by atoms with Crippen LogP contribution in [0.1, 0.15) is 18.5 Å². The molecule has 0 aliphatic carbocycles. The van der Waals surface area contributed by atoms with Crippen molar-refractivity contribution in [2.75, 3.05) is 19.5 Å². The number of alkyl halides is 2. The number of carbonyl (C=O) groups is 1. The zero-order valence-electron chi connectivity index (χ0n) is 14.9. The van der Waals surface area contributed by atoms with Crippen LogP contribution in [0, 0.1) is 5.82 Å². The highest BCUT2D eigenvalue weighted by Gasteiger charge is 2.15. The summed E-state index contributed by atoms with van der Waals surface area (Å²) in [5.74, 6) is -0.563. The van der Waals surface area contributed by atoms with Crippen LogP contribution < -0.4 is 24.8 Å². The molecule has 0 saturated heterocycles. The van der Waals surface area contributed by atoms with E-state index >= 15 is 0 Å². The van der Waals surface area contributed by atoms with Crippen LogP contribution in [0.2, 0.25) is 0 Å². The van der Waals surface area contributed by atoms with Gasteiger partial charge >= 0.3 is 12.6 Å². The van der Waals surface area contributed by atoms with Gasteiger partial charge in [-0.3, -0.25) is 0 Å². The number of amides is 2. The molecule has 0 fully saturated rings. The summed E-state index contributed by atoms with van der Waals surface area (Å²) in [5, 5.41) is 5.12. The predicted molar refractivity (Wildman–Crippen MR) is 93.1 cm³/mol. The molecule has 2 N–H and O–H groups in total. The number of benzene rings is 2. The maximum Gasteiger partial charge on any atom is 0.387 e. The minimum atomic E-state index is -3.03. The maximum atomic E-state index is 13.8. The van der Waals surface area contributed by atoms with Crippen LogP contribution in [0.3, 0.4) is 0 Å². The van der Waals surface area contributed by atoms with Gasteiger partial charge in [0.25, 0.3) is 0 Å². The predicted octanol–water partition coefficient (Wildman–Crippen LogP) is 4.33. The molecule has 0 aliphatic heterocycles. The average molecular weight is 384 g/mol. The van der Waals surface area contributed by atoms with Crippen molar-refractivity contribution in [1.29, 1.82) is 0 Å². The minimum Gasteiger partial charge on any atom is -0.494 e. The van der Waals surface area contributed by atoms with E-state index in [4.69, 9.17) is 9.47 Å². The third kappa shape index (κ3) is 5.44. The molecule has 0 bridgehead atoms. The van der Waals surface area contributed by atoms with Gasteiger partial charge < -0.3 is 24.8 Å². The first-order valence-corrected chi connectivity index (χ1v) is 7.87. The van der Waals surface area contributed by atoms with Gasteiger partial charge in [0, 0.05) is 11.8 Å². The molecule has 2 rings (SSSR count). The number of urea groups is 1. The van der Waals surface area contributed by atoms with E-state index in [2.05, 4.69) is 15.4 Å². The van der Waals surface area contributed by atoms with Crippen molar-refractivity contribution in [2.24, 2.45) is 0 Å². The highest BCUT2D eigenvalue weighted by molar-refractivity contribution is 5.89. The Bertz CT molecular complexity index is 802. The topological polar surface area (TPSA) is 68.8 Å². The Morgan fingerprint density at radius 3 is 2.26 bits per heavy atom. The van der Waals surface area contributed by atoms with Crippen molar-refractivity contribution in [3.8, 4) is 17.2 Å². The van der Waals surface area contributed by atoms with Gasteiger partial charge in [0.2, 0.25) is 0 Å². The van der Waals surface area contributed by atoms with Crippen LogP contribution >= 0.6 is 0 Å². The van der Waals surface area contributed by atoms with Gasteiger partial charge in [-0.25, -0.2) is 9.18 Å². The molecule has 0 aliphatic rings. The summed E-state index contributed by atoms with van der Waals surface area (Å²) in [6, 6.07) is 7.28. The first-order valence-electron chi connectivity index (χ1n) is 7.87. The van der Waals surface area contributed by atoms with E-state index in [-0.39, 0.29) is 22.9 Å². The Morgan fingerprint density at radius 2 is 1.67 bits per heavy atom. The molecule has 27 heavy (non-hydrogen) atoms. The van der Waals surface area contributed by atoms with Gasteiger partial charge in [-0.2, -0.15) is 8.78 Å². The smallest absolute Gasteiger partial charge is 0.387 e. The fourth-order valence-corrected chi connectivity index (χ4v) is 2.34. The lowest BCUT2D eigenvalue weighted by atomic mass is 10.1. The number of rotatable bonds is 7. The van der Waals surface area contributed by atoms with Crippen LogP contribution in [0.25, 0.3) is 0 Å². The van der Waals surface area contributed by atoms with Gasteiger partial charge in [0.05, 0.1) is 20.3 Å². The summed E-state index contributed by atoms with van der Waals surface area (Å²) in [5.41, 5.74) is 0.747. The molecular weight excluding hydrogens is 365 g/mol. The minimum absolute atomic E-state index is 0.0974.